The number of rotatable bonds is 2. The molecule has 0 aromatic heterocycles. The van der Waals surface area contributed by atoms with Crippen LogP contribution in [0.1, 0.15) is 37.7 Å². The lowest BCUT2D eigenvalue weighted by molar-refractivity contribution is 0.291. The summed E-state index contributed by atoms with van der Waals surface area (Å²) in [5.74, 6) is -1.24. The van der Waals surface area contributed by atoms with E-state index in [4.69, 9.17) is 17.3 Å². The summed E-state index contributed by atoms with van der Waals surface area (Å²) in [6.45, 7) is 0.381. The van der Waals surface area contributed by atoms with Gasteiger partial charge in [-0.25, -0.2) is 8.78 Å². The van der Waals surface area contributed by atoms with Gasteiger partial charge >= 0.3 is 0 Å². The molecular weight excluding hydrogens is 244 g/mol. The fraction of sp³-hybridized carbons (Fsp3) is 0.538. The van der Waals surface area contributed by atoms with Crippen LogP contribution in [0.4, 0.5) is 8.78 Å². The van der Waals surface area contributed by atoms with Crippen molar-refractivity contribution in [2.45, 2.75) is 37.5 Å². The largest absolute Gasteiger partial charge is 0.330 e. The minimum atomic E-state index is -0.712. The number of hydrogen-bond donors (Lipinski definition) is 1. The van der Waals surface area contributed by atoms with Crippen LogP contribution in [0.15, 0.2) is 12.1 Å². The molecular formula is C13H16ClF2N. The Kier molecular flexibility index (Phi) is 3.69. The van der Waals surface area contributed by atoms with E-state index in [0.717, 1.165) is 38.2 Å². The third kappa shape index (κ3) is 2.31. The molecule has 0 atom stereocenters. The Bertz CT molecular complexity index is 414. The van der Waals surface area contributed by atoms with Gasteiger partial charge in [0.1, 0.15) is 11.6 Å². The van der Waals surface area contributed by atoms with E-state index in [0.29, 0.717) is 12.1 Å². The molecule has 1 fully saturated rings. The Hall–Kier alpha value is -0.670. The molecule has 1 aromatic rings. The van der Waals surface area contributed by atoms with Crippen molar-refractivity contribution >= 4 is 11.6 Å². The first-order chi connectivity index (χ1) is 8.09. The van der Waals surface area contributed by atoms with Gasteiger partial charge in [-0.1, -0.05) is 30.9 Å². The zero-order valence-corrected chi connectivity index (χ0v) is 10.4. The molecule has 0 saturated heterocycles. The Morgan fingerprint density at radius 3 is 2.35 bits per heavy atom. The minimum absolute atomic E-state index is 0.0280. The van der Waals surface area contributed by atoms with E-state index >= 15 is 0 Å². The van der Waals surface area contributed by atoms with Crippen LogP contribution >= 0.6 is 11.6 Å². The zero-order valence-electron chi connectivity index (χ0n) is 9.61. The van der Waals surface area contributed by atoms with Crippen LogP contribution in [0.5, 0.6) is 0 Å². The lowest BCUT2D eigenvalue weighted by Gasteiger charge is -2.37. The molecule has 0 spiro atoms. The van der Waals surface area contributed by atoms with Gasteiger partial charge in [0.2, 0.25) is 0 Å². The molecule has 1 nitrogen and oxygen atoms in total. The molecule has 2 N–H and O–H groups in total. The summed E-state index contributed by atoms with van der Waals surface area (Å²) in [6.07, 6.45) is 4.92. The van der Waals surface area contributed by atoms with Crippen LogP contribution in [-0.2, 0) is 5.41 Å². The maximum Gasteiger partial charge on any atom is 0.144 e. The van der Waals surface area contributed by atoms with E-state index < -0.39 is 11.6 Å². The summed E-state index contributed by atoms with van der Waals surface area (Å²) in [5, 5.41) is -0.0280. The summed E-state index contributed by atoms with van der Waals surface area (Å²) in [6, 6.07) is 2.27. The van der Waals surface area contributed by atoms with E-state index in [1.54, 1.807) is 0 Å². The van der Waals surface area contributed by atoms with Gasteiger partial charge < -0.3 is 5.73 Å². The number of benzene rings is 1. The Balaban J connectivity index is 2.46. The first-order valence-electron chi connectivity index (χ1n) is 5.94. The van der Waals surface area contributed by atoms with E-state index in [1.807, 2.05) is 0 Å². The summed E-state index contributed by atoms with van der Waals surface area (Å²) in [7, 11) is 0. The molecule has 0 unspecified atom stereocenters. The van der Waals surface area contributed by atoms with Crippen molar-refractivity contribution in [3.05, 3.63) is 34.4 Å². The van der Waals surface area contributed by atoms with Crippen molar-refractivity contribution in [3.8, 4) is 0 Å². The summed E-state index contributed by atoms with van der Waals surface area (Å²) < 4.78 is 27.0. The van der Waals surface area contributed by atoms with Crippen LogP contribution < -0.4 is 5.73 Å². The van der Waals surface area contributed by atoms with Gasteiger partial charge in [-0.15, -0.1) is 0 Å². The second-order valence-electron chi connectivity index (χ2n) is 4.79. The van der Waals surface area contributed by atoms with Crippen LogP contribution in [-0.4, -0.2) is 6.54 Å². The molecule has 0 bridgehead atoms. The highest BCUT2D eigenvalue weighted by molar-refractivity contribution is 6.30. The van der Waals surface area contributed by atoms with E-state index in [2.05, 4.69) is 0 Å². The Morgan fingerprint density at radius 2 is 1.76 bits per heavy atom. The molecule has 1 aliphatic rings. The molecule has 1 aromatic carbocycles. The van der Waals surface area contributed by atoms with Gasteiger partial charge in [-0.3, -0.25) is 0 Å². The third-order valence-electron chi connectivity index (χ3n) is 3.78. The van der Waals surface area contributed by atoms with Crippen molar-refractivity contribution in [2.75, 3.05) is 6.54 Å². The molecule has 0 amide bonds. The quantitative estimate of drug-likeness (QED) is 0.804. The standard InChI is InChI=1S/C13H16ClF2N/c14-10-6-9(11(15)7-12(10)16)13(8-17)4-2-1-3-5-13/h6-7H,1-5,8,17H2. The monoisotopic (exact) mass is 259 g/mol. The second kappa shape index (κ2) is 4.91. The average Bonchev–Trinajstić information content (AvgIpc) is 2.34. The molecule has 1 aliphatic carbocycles. The summed E-state index contributed by atoms with van der Waals surface area (Å²) in [5.41, 5.74) is 5.94. The molecule has 94 valence electrons. The first kappa shape index (κ1) is 12.8. The van der Waals surface area contributed by atoms with E-state index in [9.17, 15) is 8.78 Å². The molecule has 1 saturated carbocycles. The smallest absolute Gasteiger partial charge is 0.144 e. The van der Waals surface area contributed by atoms with Crippen molar-refractivity contribution in [1.82, 2.24) is 0 Å². The fourth-order valence-corrected chi connectivity index (χ4v) is 2.90. The predicted octanol–water partition coefficient (Wildman–Crippen LogP) is 3.78. The predicted molar refractivity (Wildman–Crippen MR) is 65.2 cm³/mol. The van der Waals surface area contributed by atoms with Gasteiger partial charge in [0.15, 0.2) is 0 Å². The van der Waals surface area contributed by atoms with Crippen LogP contribution in [0, 0.1) is 11.6 Å². The van der Waals surface area contributed by atoms with Crippen LogP contribution in [0.2, 0.25) is 5.02 Å². The molecule has 0 heterocycles. The van der Waals surface area contributed by atoms with Crippen LogP contribution in [0.25, 0.3) is 0 Å². The minimum Gasteiger partial charge on any atom is -0.330 e. The second-order valence-corrected chi connectivity index (χ2v) is 5.20. The van der Waals surface area contributed by atoms with E-state index in [1.165, 1.54) is 6.07 Å². The van der Waals surface area contributed by atoms with Gasteiger partial charge in [-0.05, 0) is 24.5 Å². The van der Waals surface area contributed by atoms with Crippen LogP contribution in [0.3, 0.4) is 0 Å². The topological polar surface area (TPSA) is 26.0 Å². The number of nitrogens with two attached hydrogens (primary N) is 1. The molecule has 17 heavy (non-hydrogen) atoms. The highest BCUT2D eigenvalue weighted by Gasteiger charge is 2.35. The lowest BCUT2D eigenvalue weighted by Crippen LogP contribution is -2.38. The van der Waals surface area contributed by atoms with Crippen molar-refractivity contribution in [2.24, 2.45) is 5.73 Å². The van der Waals surface area contributed by atoms with Gasteiger partial charge in [0.05, 0.1) is 5.02 Å². The molecule has 0 radical (unpaired) electrons. The molecule has 4 heteroatoms. The van der Waals surface area contributed by atoms with Crippen molar-refractivity contribution in [3.63, 3.8) is 0 Å². The number of hydrogen-bond acceptors (Lipinski definition) is 1. The normalized spacial score (nSPS) is 19.3. The third-order valence-corrected chi connectivity index (χ3v) is 4.07. The SMILES string of the molecule is NCC1(c2cc(Cl)c(F)cc2F)CCCCC1. The molecule has 0 aliphatic heterocycles. The highest BCUT2D eigenvalue weighted by Crippen LogP contribution is 2.40. The Morgan fingerprint density at radius 1 is 1.12 bits per heavy atom. The highest BCUT2D eigenvalue weighted by atomic mass is 35.5. The first-order valence-corrected chi connectivity index (χ1v) is 6.32. The average molecular weight is 260 g/mol. The maximum absolute atomic E-state index is 13.9. The maximum atomic E-state index is 13.9. The Labute approximate surface area is 105 Å². The van der Waals surface area contributed by atoms with E-state index in [-0.39, 0.29) is 10.4 Å². The summed E-state index contributed by atoms with van der Waals surface area (Å²) >= 11 is 5.74. The van der Waals surface area contributed by atoms with Crippen molar-refractivity contribution < 1.29 is 8.78 Å². The van der Waals surface area contributed by atoms with Gasteiger partial charge in [0.25, 0.3) is 0 Å². The number of halogens is 3. The molecule has 2 rings (SSSR count). The van der Waals surface area contributed by atoms with Gasteiger partial charge in [-0.2, -0.15) is 0 Å². The lowest BCUT2D eigenvalue weighted by atomic mass is 9.69. The van der Waals surface area contributed by atoms with Crippen molar-refractivity contribution in [1.29, 1.82) is 0 Å². The van der Waals surface area contributed by atoms with Gasteiger partial charge in [0, 0.05) is 18.0 Å². The fourth-order valence-electron chi connectivity index (χ4n) is 2.74. The summed E-state index contributed by atoms with van der Waals surface area (Å²) in [4.78, 5) is 0. The zero-order chi connectivity index (χ0) is 12.5.